The lowest BCUT2D eigenvalue weighted by Gasteiger charge is -2.17. The molecule has 0 fully saturated rings. The molecule has 7 heteroatoms. The Labute approximate surface area is 154 Å². The molecule has 140 valence electrons. The Kier molecular flexibility index (Phi) is 6.39. The highest BCUT2D eigenvalue weighted by Gasteiger charge is 2.20. The van der Waals surface area contributed by atoms with Gasteiger partial charge in [-0.15, -0.1) is 0 Å². The maximum absolute atomic E-state index is 12.7. The Balaban J connectivity index is 2.25. The van der Waals surface area contributed by atoms with Gasteiger partial charge in [0.1, 0.15) is 5.75 Å². The fourth-order valence-electron chi connectivity index (χ4n) is 2.50. The van der Waals surface area contributed by atoms with E-state index < -0.39 is 16.1 Å². The average Bonchev–Trinajstić information content (AvgIpc) is 2.56. The van der Waals surface area contributed by atoms with E-state index in [1.54, 1.807) is 19.9 Å². The summed E-state index contributed by atoms with van der Waals surface area (Å²) in [5.74, 6) is 0.441. The Morgan fingerprint density at radius 1 is 1.19 bits per heavy atom. The smallest absolute Gasteiger partial charge is 0.241 e. The zero-order valence-electron chi connectivity index (χ0n) is 15.4. The number of nitrogens with one attached hydrogen (secondary N) is 2. The molecular weight excluding hydrogens is 352 g/mol. The molecule has 1 atom stereocenters. The van der Waals surface area contributed by atoms with Gasteiger partial charge in [-0.2, -0.15) is 0 Å². The van der Waals surface area contributed by atoms with Crippen molar-refractivity contribution in [3.63, 3.8) is 0 Å². The number of carbonyl (C=O) groups is 1. The van der Waals surface area contributed by atoms with Crippen LogP contribution >= 0.6 is 0 Å². The number of amides is 1. The van der Waals surface area contributed by atoms with Crippen LogP contribution < -0.4 is 14.8 Å². The van der Waals surface area contributed by atoms with Gasteiger partial charge in [-0.3, -0.25) is 4.79 Å². The molecule has 0 aromatic heterocycles. The molecule has 2 N–H and O–H groups in total. The predicted molar refractivity (Wildman–Crippen MR) is 102 cm³/mol. The Hall–Kier alpha value is -2.38. The van der Waals surface area contributed by atoms with Gasteiger partial charge in [-0.05, 0) is 56.2 Å². The lowest BCUT2D eigenvalue weighted by molar-refractivity contribution is -0.114. The van der Waals surface area contributed by atoms with Crippen molar-refractivity contribution in [2.45, 2.75) is 38.6 Å². The monoisotopic (exact) mass is 376 g/mol. The summed E-state index contributed by atoms with van der Waals surface area (Å²) in [7, 11) is -3.75. The summed E-state index contributed by atoms with van der Waals surface area (Å²) < 4.78 is 33.6. The van der Waals surface area contributed by atoms with E-state index in [2.05, 4.69) is 10.0 Å². The maximum Gasteiger partial charge on any atom is 0.241 e. The summed E-state index contributed by atoms with van der Waals surface area (Å²) >= 11 is 0. The van der Waals surface area contributed by atoms with E-state index in [1.807, 2.05) is 31.2 Å². The number of hydrogen-bond donors (Lipinski definition) is 2. The van der Waals surface area contributed by atoms with E-state index >= 15 is 0 Å². The fraction of sp³-hybridized carbons (Fsp3) is 0.316. The predicted octanol–water partition coefficient (Wildman–Crippen LogP) is 3.39. The van der Waals surface area contributed by atoms with Crippen molar-refractivity contribution in [3.8, 4) is 5.75 Å². The molecule has 0 bridgehead atoms. The third kappa shape index (κ3) is 5.06. The van der Waals surface area contributed by atoms with Crippen LogP contribution in [0.15, 0.2) is 47.4 Å². The lowest BCUT2D eigenvalue weighted by Crippen LogP contribution is -2.27. The highest BCUT2D eigenvalue weighted by molar-refractivity contribution is 7.89. The number of anilines is 1. The second-order valence-corrected chi connectivity index (χ2v) is 7.72. The van der Waals surface area contributed by atoms with Gasteiger partial charge in [0.05, 0.1) is 11.5 Å². The van der Waals surface area contributed by atoms with Crippen molar-refractivity contribution in [1.82, 2.24) is 4.72 Å². The Bertz CT molecular complexity index is 894. The number of aryl methyl sites for hydroxylation is 1. The third-order valence-corrected chi connectivity index (χ3v) is 5.37. The first-order chi connectivity index (χ1) is 12.2. The lowest BCUT2D eigenvalue weighted by atomic mass is 10.1. The molecule has 2 aromatic rings. The van der Waals surface area contributed by atoms with E-state index in [4.69, 9.17) is 4.74 Å². The van der Waals surface area contributed by atoms with Crippen molar-refractivity contribution in [1.29, 1.82) is 0 Å². The number of carbonyl (C=O) groups excluding carboxylic acids is 1. The molecule has 0 aliphatic heterocycles. The number of ether oxygens (including phenoxy) is 1. The molecule has 26 heavy (non-hydrogen) atoms. The van der Waals surface area contributed by atoms with Crippen LogP contribution in [0.2, 0.25) is 0 Å². The molecule has 2 aromatic carbocycles. The highest BCUT2D eigenvalue weighted by atomic mass is 32.2. The molecule has 6 nitrogen and oxygen atoms in total. The fourth-order valence-corrected chi connectivity index (χ4v) is 3.76. The van der Waals surface area contributed by atoms with Gasteiger partial charge in [0.25, 0.3) is 0 Å². The third-order valence-electron chi connectivity index (χ3n) is 3.83. The zero-order valence-corrected chi connectivity index (χ0v) is 16.2. The molecule has 0 saturated carbocycles. The van der Waals surface area contributed by atoms with Gasteiger partial charge in [0.2, 0.25) is 15.9 Å². The molecule has 0 radical (unpaired) electrons. The second kappa shape index (κ2) is 8.33. The van der Waals surface area contributed by atoms with Crippen LogP contribution in [-0.4, -0.2) is 20.9 Å². The minimum absolute atomic E-state index is 0.0969. The first-order valence-corrected chi connectivity index (χ1v) is 9.84. The number of benzene rings is 2. The van der Waals surface area contributed by atoms with E-state index in [-0.39, 0.29) is 10.8 Å². The standard InChI is InChI=1S/C19H24N2O4S/c1-5-25-17-8-6-7-16(11-17)14(3)21-26(23,24)18-10-9-13(2)19(12-18)20-15(4)22/h6-12,14,21H,5H2,1-4H3,(H,20,22). The number of hydrogen-bond acceptors (Lipinski definition) is 4. The van der Waals surface area contributed by atoms with Crippen molar-refractivity contribution in [2.75, 3.05) is 11.9 Å². The molecule has 0 heterocycles. The van der Waals surface area contributed by atoms with Crippen molar-refractivity contribution in [2.24, 2.45) is 0 Å². The first kappa shape index (κ1) is 19.9. The minimum atomic E-state index is -3.75. The van der Waals surface area contributed by atoms with Gasteiger partial charge in [0, 0.05) is 18.7 Å². The van der Waals surface area contributed by atoms with Gasteiger partial charge in [-0.25, -0.2) is 13.1 Å². The summed E-state index contributed by atoms with van der Waals surface area (Å²) in [6, 6.07) is 11.5. The van der Waals surface area contributed by atoms with Crippen LogP contribution in [0, 0.1) is 6.92 Å². The van der Waals surface area contributed by atoms with Crippen molar-refractivity contribution < 1.29 is 17.9 Å². The van der Waals surface area contributed by atoms with E-state index in [1.165, 1.54) is 19.1 Å². The van der Waals surface area contributed by atoms with Gasteiger partial charge in [-0.1, -0.05) is 18.2 Å². The molecule has 0 aliphatic carbocycles. The van der Waals surface area contributed by atoms with E-state index in [0.29, 0.717) is 18.0 Å². The summed E-state index contributed by atoms with van der Waals surface area (Å²) in [5.41, 5.74) is 2.07. The maximum atomic E-state index is 12.7. The number of rotatable bonds is 7. The van der Waals surface area contributed by atoms with Crippen LogP contribution in [0.1, 0.15) is 37.9 Å². The topological polar surface area (TPSA) is 84.5 Å². The molecule has 1 unspecified atom stereocenters. The summed E-state index contributed by atoms with van der Waals surface area (Å²) in [6.45, 7) is 7.39. The number of sulfonamides is 1. The average molecular weight is 376 g/mol. The van der Waals surface area contributed by atoms with E-state index in [0.717, 1.165) is 11.1 Å². The summed E-state index contributed by atoms with van der Waals surface area (Å²) in [5, 5.41) is 2.64. The second-order valence-electron chi connectivity index (χ2n) is 6.01. The van der Waals surface area contributed by atoms with Gasteiger partial charge < -0.3 is 10.1 Å². The zero-order chi connectivity index (χ0) is 19.3. The van der Waals surface area contributed by atoms with Gasteiger partial charge in [0.15, 0.2) is 0 Å². The Morgan fingerprint density at radius 2 is 1.92 bits per heavy atom. The molecule has 0 spiro atoms. The van der Waals surface area contributed by atoms with Crippen LogP contribution in [-0.2, 0) is 14.8 Å². The van der Waals surface area contributed by atoms with Crippen LogP contribution in [0.5, 0.6) is 5.75 Å². The molecule has 1 amide bonds. The molecular formula is C19H24N2O4S. The summed E-state index contributed by atoms with van der Waals surface area (Å²) in [4.78, 5) is 11.4. The van der Waals surface area contributed by atoms with Crippen molar-refractivity contribution >= 4 is 21.6 Å². The van der Waals surface area contributed by atoms with Gasteiger partial charge >= 0.3 is 0 Å². The molecule has 0 aliphatic rings. The SMILES string of the molecule is CCOc1cccc(C(C)NS(=O)(=O)c2ccc(C)c(NC(C)=O)c2)c1. The molecule has 0 saturated heterocycles. The normalized spacial score (nSPS) is 12.5. The molecule has 2 rings (SSSR count). The highest BCUT2D eigenvalue weighted by Crippen LogP contribution is 2.24. The minimum Gasteiger partial charge on any atom is -0.494 e. The quantitative estimate of drug-likeness (QED) is 0.776. The first-order valence-electron chi connectivity index (χ1n) is 8.36. The Morgan fingerprint density at radius 3 is 2.58 bits per heavy atom. The van der Waals surface area contributed by atoms with Crippen LogP contribution in [0.4, 0.5) is 5.69 Å². The summed E-state index contributed by atoms with van der Waals surface area (Å²) in [6.07, 6.45) is 0. The van der Waals surface area contributed by atoms with Crippen molar-refractivity contribution in [3.05, 3.63) is 53.6 Å². The van der Waals surface area contributed by atoms with Crippen LogP contribution in [0.25, 0.3) is 0 Å². The van der Waals surface area contributed by atoms with Crippen LogP contribution in [0.3, 0.4) is 0 Å². The largest absolute Gasteiger partial charge is 0.494 e. The van der Waals surface area contributed by atoms with E-state index in [9.17, 15) is 13.2 Å².